The number of hydrogen-bond acceptors (Lipinski definition) is 5. The Morgan fingerprint density at radius 3 is 2.77 bits per heavy atom. The second-order valence-corrected chi connectivity index (χ2v) is 10.7. The quantitative estimate of drug-likeness (QED) is 0.372. The average Bonchev–Trinajstić information content (AvgIpc) is 3.36. The fraction of sp³-hybridized carbons (Fsp3) is 0.355. The van der Waals surface area contributed by atoms with E-state index in [-0.39, 0.29) is 17.9 Å². The number of nitrogens with zero attached hydrogens (tertiary/aromatic N) is 4. The van der Waals surface area contributed by atoms with Crippen LogP contribution in [0.2, 0.25) is 0 Å². The Balaban J connectivity index is 1.42. The zero-order chi connectivity index (χ0) is 27.8. The summed E-state index contributed by atoms with van der Waals surface area (Å²) in [6.45, 7) is 3.92. The maximum absolute atomic E-state index is 15.0. The molecule has 206 valence electrons. The van der Waals surface area contributed by atoms with Gasteiger partial charge < -0.3 is 14.7 Å². The van der Waals surface area contributed by atoms with Crippen LogP contribution < -0.4 is 4.74 Å². The SMILES string of the molecule is Cc1c2ccc3c1nnn3CCCCCOc1ccc(c(F)c1)C(=O)N1CCc3ccc(cc3C1)[C@H]2CC(=O)O. The Morgan fingerprint density at radius 2 is 1.95 bits per heavy atom. The van der Waals surface area contributed by atoms with Crippen molar-refractivity contribution in [1.29, 1.82) is 0 Å². The summed E-state index contributed by atoms with van der Waals surface area (Å²) in [4.78, 5) is 27.0. The molecule has 5 aliphatic heterocycles. The molecule has 9 rings (SSSR count). The van der Waals surface area contributed by atoms with Crippen molar-refractivity contribution in [3.8, 4) is 5.75 Å². The van der Waals surface area contributed by atoms with E-state index in [9.17, 15) is 19.1 Å². The van der Waals surface area contributed by atoms with Gasteiger partial charge in [-0.05, 0) is 78.6 Å². The van der Waals surface area contributed by atoms with Gasteiger partial charge in [0.25, 0.3) is 5.91 Å². The first-order valence-corrected chi connectivity index (χ1v) is 13.8. The van der Waals surface area contributed by atoms with Crippen LogP contribution in [0.1, 0.15) is 69.8 Å². The second-order valence-electron chi connectivity index (χ2n) is 10.7. The van der Waals surface area contributed by atoms with E-state index in [1.165, 1.54) is 12.1 Å². The smallest absolute Gasteiger partial charge is 0.304 e. The number of aromatic nitrogens is 3. The Bertz CT molecular complexity index is 1610. The molecular weight excluding hydrogens is 511 g/mol. The fourth-order valence-electron chi connectivity index (χ4n) is 5.93. The van der Waals surface area contributed by atoms with E-state index in [0.29, 0.717) is 38.4 Å². The molecule has 4 aromatic rings. The lowest BCUT2D eigenvalue weighted by atomic mass is 9.83. The van der Waals surface area contributed by atoms with Gasteiger partial charge in [-0.3, -0.25) is 9.59 Å². The van der Waals surface area contributed by atoms with Crippen LogP contribution in [0.5, 0.6) is 5.75 Å². The number of carboxylic acids is 1. The molecule has 0 fully saturated rings. The minimum atomic E-state index is -0.896. The van der Waals surface area contributed by atoms with Crippen molar-refractivity contribution in [1.82, 2.24) is 19.9 Å². The van der Waals surface area contributed by atoms with Crippen LogP contribution in [0.3, 0.4) is 0 Å². The molecule has 0 aliphatic carbocycles. The van der Waals surface area contributed by atoms with Gasteiger partial charge in [-0.1, -0.05) is 29.5 Å². The molecule has 0 saturated heterocycles. The largest absolute Gasteiger partial charge is 0.493 e. The number of carboxylic acid groups (broad SMARTS) is 1. The van der Waals surface area contributed by atoms with Gasteiger partial charge in [0.15, 0.2) is 0 Å². The third kappa shape index (κ3) is 4.92. The van der Waals surface area contributed by atoms with Gasteiger partial charge in [-0.2, -0.15) is 0 Å². The van der Waals surface area contributed by atoms with Gasteiger partial charge in [0.05, 0.1) is 24.1 Å². The summed E-state index contributed by atoms with van der Waals surface area (Å²) in [6, 6.07) is 14.4. The molecule has 1 atom stereocenters. The van der Waals surface area contributed by atoms with Crippen molar-refractivity contribution in [2.45, 2.75) is 58.0 Å². The van der Waals surface area contributed by atoms with E-state index in [0.717, 1.165) is 58.1 Å². The third-order valence-corrected chi connectivity index (χ3v) is 8.12. The molecule has 1 aromatic heterocycles. The summed E-state index contributed by atoms with van der Waals surface area (Å²) in [5, 5.41) is 18.7. The predicted octanol–water partition coefficient (Wildman–Crippen LogP) is 5.25. The van der Waals surface area contributed by atoms with Crippen LogP contribution in [-0.2, 0) is 24.3 Å². The molecule has 0 spiro atoms. The van der Waals surface area contributed by atoms with Crippen molar-refractivity contribution in [2.75, 3.05) is 13.2 Å². The van der Waals surface area contributed by atoms with E-state index in [2.05, 4.69) is 10.3 Å². The number of aliphatic carboxylic acids is 1. The first-order chi connectivity index (χ1) is 19.4. The highest BCUT2D eigenvalue weighted by atomic mass is 19.1. The van der Waals surface area contributed by atoms with Crippen LogP contribution in [0.25, 0.3) is 11.0 Å². The van der Waals surface area contributed by atoms with Crippen molar-refractivity contribution >= 4 is 22.9 Å². The topological polar surface area (TPSA) is 97.5 Å². The Hall–Kier alpha value is -4.27. The van der Waals surface area contributed by atoms with Crippen molar-refractivity contribution in [3.63, 3.8) is 0 Å². The maximum Gasteiger partial charge on any atom is 0.304 e. The lowest BCUT2D eigenvalue weighted by molar-refractivity contribution is -0.137. The zero-order valence-electron chi connectivity index (χ0n) is 22.4. The van der Waals surface area contributed by atoms with Gasteiger partial charge in [0.1, 0.15) is 17.1 Å². The average molecular weight is 543 g/mol. The number of carbonyl (C=O) groups is 2. The lowest BCUT2D eigenvalue weighted by Gasteiger charge is -2.30. The van der Waals surface area contributed by atoms with E-state index in [1.54, 1.807) is 11.0 Å². The monoisotopic (exact) mass is 542 g/mol. The maximum atomic E-state index is 15.0. The molecule has 40 heavy (non-hydrogen) atoms. The number of carbonyl (C=O) groups excluding carboxylic acids is 1. The number of amides is 1. The molecule has 3 aromatic carbocycles. The predicted molar refractivity (Wildman–Crippen MR) is 147 cm³/mol. The highest BCUT2D eigenvalue weighted by Gasteiger charge is 2.27. The zero-order valence-corrected chi connectivity index (χ0v) is 22.4. The summed E-state index contributed by atoms with van der Waals surface area (Å²) in [7, 11) is 0. The van der Waals surface area contributed by atoms with Gasteiger partial charge in [-0.25, -0.2) is 9.07 Å². The summed E-state index contributed by atoms with van der Waals surface area (Å²) in [5.41, 5.74) is 6.44. The number of aryl methyl sites for hydroxylation is 2. The van der Waals surface area contributed by atoms with E-state index in [1.807, 2.05) is 41.9 Å². The number of ether oxygens (including phenoxy) is 1. The first-order valence-electron chi connectivity index (χ1n) is 13.8. The van der Waals surface area contributed by atoms with Gasteiger partial charge >= 0.3 is 5.97 Å². The normalized spacial score (nSPS) is 17.7. The van der Waals surface area contributed by atoms with Crippen LogP contribution in [0.15, 0.2) is 48.5 Å². The molecule has 8 nitrogen and oxygen atoms in total. The number of halogens is 1. The molecule has 5 aliphatic rings. The van der Waals surface area contributed by atoms with Crippen molar-refractivity contribution in [2.24, 2.45) is 0 Å². The number of rotatable bonds is 2. The molecular formula is C31H31FN4O4. The molecule has 1 N–H and O–H groups in total. The molecule has 9 heteroatoms. The molecule has 0 saturated carbocycles. The number of benzene rings is 3. The van der Waals surface area contributed by atoms with Crippen LogP contribution in [-0.4, -0.2) is 50.0 Å². The van der Waals surface area contributed by atoms with E-state index < -0.39 is 17.7 Å². The van der Waals surface area contributed by atoms with Crippen LogP contribution in [0.4, 0.5) is 4.39 Å². The first kappa shape index (κ1) is 26.0. The summed E-state index contributed by atoms with van der Waals surface area (Å²) in [5.74, 6) is -1.85. The van der Waals surface area contributed by atoms with E-state index in [4.69, 9.17) is 4.74 Å². The third-order valence-electron chi connectivity index (χ3n) is 8.12. The van der Waals surface area contributed by atoms with Crippen LogP contribution in [0, 0.1) is 12.7 Å². The molecule has 1 amide bonds. The second kappa shape index (κ2) is 10.7. The molecule has 0 unspecified atom stereocenters. The minimum absolute atomic E-state index is 0.0204. The van der Waals surface area contributed by atoms with Crippen LogP contribution >= 0.6 is 0 Å². The van der Waals surface area contributed by atoms with Gasteiger partial charge in [0, 0.05) is 31.6 Å². The van der Waals surface area contributed by atoms with Gasteiger partial charge in [0.2, 0.25) is 0 Å². The van der Waals surface area contributed by atoms with E-state index >= 15 is 0 Å². The van der Waals surface area contributed by atoms with Crippen molar-refractivity contribution < 1.29 is 23.8 Å². The van der Waals surface area contributed by atoms with Crippen molar-refractivity contribution in [3.05, 3.63) is 87.7 Å². The standard InChI is InChI=1S/C31H31FN4O4/c1-19-24-9-10-28-30(19)33-34-36(28)12-3-2-4-14-40-23-7-8-25(27(32)16-23)31(39)35-13-11-20-5-6-21(15-22(20)18-35)26(24)17-29(37)38/h5-10,15-16,26H,2-4,11-14,17-18H2,1H3,(H,37,38)/t26-/m1/s1. The highest BCUT2D eigenvalue weighted by molar-refractivity contribution is 5.94. The minimum Gasteiger partial charge on any atom is -0.493 e. The Morgan fingerprint density at radius 1 is 1.07 bits per heavy atom. The molecule has 6 heterocycles. The Kier molecular flexibility index (Phi) is 6.96. The summed E-state index contributed by atoms with van der Waals surface area (Å²) < 4.78 is 22.6. The highest BCUT2D eigenvalue weighted by Crippen LogP contribution is 2.35. The van der Waals surface area contributed by atoms with Gasteiger partial charge in [-0.15, -0.1) is 5.10 Å². The molecule has 9 bridgehead atoms. The fourth-order valence-corrected chi connectivity index (χ4v) is 5.93. The Labute approximate surface area is 231 Å². The summed E-state index contributed by atoms with van der Waals surface area (Å²) >= 11 is 0. The summed E-state index contributed by atoms with van der Waals surface area (Å²) in [6.07, 6.45) is 3.12. The molecule has 0 radical (unpaired) electrons. The lowest BCUT2D eigenvalue weighted by Crippen LogP contribution is -2.36. The number of hydrogen-bond donors (Lipinski definition) is 1.